The van der Waals surface area contributed by atoms with E-state index in [1.807, 2.05) is 0 Å². The van der Waals surface area contributed by atoms with Crippen molar-refractivity contribution >= 4 is 41.1 Å². The predicted octanol–water partition coefficient (Wildman–Crippen LogP) is 4.52. The highest BCUT2D eigenvalue weighted by atomic mass is 35.5. The van der Waals surface area contributed by atoms with Crippen LogP contribution in [-0.4, -0.2) is 11.3 Å². The van der Waals surface area contributed by atoms with Crippen molar-refractivity contribution in [2.75, 3.05) is 0 Å². The quantitative estimate of drug-likeness (QED) is 0.600. The molecule has 0 saturated heterocycles. The minimum absolute atomic E-state index is 0.221. The van der Waals surface area contributed by atoms with Crippen LogP contribution in [0.2, 0.25) is 15.2 Å². The van der Waals surface area contributed by atoms with E-state index in [9.17, 15) is 4.79 Å². The van der Waals surface area contributed by atoms with Crippen LogP contribution in [-0.2, 0) is 0 Å². The van der Waals surface area contributed by atoms with Crippen molar-refractivity contribution in [2.45, 2.75) is 0 Å². The first-order valence-corrected chi connectivity index (χ1v) is 5.82. The second-order valence-corrected chi connectivity index (χ2v) is 4.52. The first-order chi connectivity index (χ1) is 8.11. The van der Waals surface area contributed by atoms with Crippen LogP contribution in [0.1, 0.15) is 10.5 Å². The number of nitrogens with zero attached hydrogens (tertiary/aromatic N) is 1. The summed E-state index contributed by atoms with van der Waals surface area (Å²) in [6, 6.07) is 8.34. The van der Waals surface area contributed by atoms with Gasteiger partial charge in [-0.1, -0.05) is 34.8 Å². The Morgan fingerprint density at radius 2 is 1.76 bits per heavy atom. The standard InChI is InChI=1S/C12H6Cl3NO/c13-7-1-4-11(14)10(5-7)9-3-2-8(6-17)16-12(9)15/h1-6H. The Hall–Kier alpha value is -1.09. The van der Waals surface area contributed by atoms with Crippen LogP contribution >= 0.6 is 34.8 Å². The number of hydrogen-bond acceptors (Lipinski definition) is 2. The highest BCUT2D eigenvalue weighted by Gasteiger charge is 2.10. The summed E-state index contributed by atoms with van der Waals surface area (Å²) in [6.07, 6.45) is 0.634. The van der Waals surface area contributed by atoms with Crippen LogP contribution in [0.5, 0.6) is 0 Å². The van der Waals surface area contributed by atoms with E-state index in [0.717, 1.165) is 0 Å². The van der Waals surface area contributed by atoms with Crippen LogP contribution in [0.15, 0.2) is 30.3 Å². The first-order valence-electron chi connectivity index (χ1n) is 4.69. The number of rotatable bonds is 2. The molecule has 86 valence electrons. The summed E-state index contributed by atoms with van der Waals surface area (Å²) in [4.78, 5) is 14.5. The molecular weight excluding hydrogens is 280 g/mol. The molecule has 17 heavy (non-hydrogen) atoms. The van der Waals surface area contributed by atoms with Crippen molar-refractivity contribution in [2.24, 2.45) is 0 Å². The largest absolute Gasteiger partial charge is 0.296 e. The number of carbonyl (C=O) groups excluding carboxylic acids is 1. The summed E-state index contributed by atoms with van der Waals surface area (Å²) < 4.78 is 0. The number of pyridine rings is 1. The van der Waals surface area contributed by atoms with Crippen LogP contribution in [0.4, 0.5) is 0 Å². The molecule has 1 heterocycles. The molecule has 0 fully saturated rings. The predicted molar refractivity (Wildman–Crippen MR) is 70.1 cm³/mol. The van der Waals surface area contributed by atoms with Gasteiger partial charge in [-0.2, -0.15) is 0 Å². The maximum atomic E-state index is 10.6. The molecule has 2 aromatic rings. The third kappa shape index (κ3) is 2.60. The molecular formula is C12H6Cl3NO. The first kappa shape index (κ1) is 12.4. The van der Waals surface area contributed by atoms with Gasteiger partial charge in [-0.05, 0) is 30.3 Å². The van der Waals surface area contributed by atoms with E-state index in [-0.39, 0.29) is 10.8 Å². The van der Waals surface area contributed by atoms with Gasteiger partial charge >= 0.3 is 0 Å². The molecule has 0 unspecified atom stereocenters. The molecule has 2 rings (SSSR count). The lowest BCUT2D eigenvalue weighted by molar-refractivity contribution is 0.111. The van der Waals surface area contributed by atoms with Crippen LogP contribution in [0, 0.1) is 0 Å². The van der Waals surface area contributed by atoms with Crippen LogP contribution in [0.25, 0.3) is 11.1 Å². The fourth-order valence-corrected chi connectivity index (χ4v) is 2.07. The van der Waals surface area contributed by atoms with E-state index in [2.05, 4.69) is 4.98 Å². The topological polar surface area (TPSA) is 30.0 Å². The molecule has 1 aromatic carbocycles. The summed E-state index contributed by atoms with van der Waals surface area (Å²) in [5, 5.41) is 1.30. The van der Waals surface area contributed by atoms with Gasteiger partial charge in [-0.15, -0.1) is 0 Å². The van der Waals surface area contributed by atoms with E-state index in [1.165, 1.54) is 0 Å². The Morgan fingerprint density at radius 1 is 1.00 bits per heavy atom. The summed E-state index contributed by atoms with van der Waals surface area (Å²) in [6.45, 7) is 0. The molecule has 0 aliphatic heterocycles. The molecule has 1 aromatic heterocycles. The maximum absolute atomic E-state index is 10.6. The van der Waals surface area contributed by atoms with Gasteiger partial charge in [0, 0.05) is 21.2 Å². The van der Waals surface area contributed by atoms with Crippen LogP contribution in [0.3, 0.4) is 0 Å². The molecule has 0 N–H and O–H groups in total. The SMILES string of the molecule is O=Cc1ccc(-c2cc(Cl)ccc2Cl)c(Cl)n1. The van der Waals surface area contributed by atoms with Crippen molar-refractivity contribution in [3.63, 3.8) is 0 Å². The second-order valence-electron chi connectivity index (χ2n) is 3.32. The van der Waals surface area contributed by atoms with E-state index < -0.39 is 0 Å². The molecule has 0 atom stereocenters. The Bertz CT molecular complexity index is 584. The summed E-state index contributed by atoms with van der Waals surface area (Å²) in [5.74, 6) is 0. The lowest BCUT2D eigenvalue weighted by atomic mass is 10.1. The Labute approximate surface area is 113 Å². The zero-order chi connectivity index (χ0) is 12.4. The molecule has 0 bridgehead atoms. The molecule has 0 spiro atoms. The average Bonchev–Trinajstić information content (AvgIpc) is 2.32. The van der Waals surface area contributed by atoms with Gasteiger partial charge < -0.3 is 0 Å². The zero-order valence-electron chi connectivity index (χ0n) is 8.45. The lowest BCUT2D eigenvalue weighted by Gasteiger charge is -2.07. The van der Waals surface area contributed by atoms with E-state index >= 15 is 0 Å². The number of benzene rings is 1. The van der Waals surface area contributed by atoms with Crippen LogP contribution < -0.4 is 0 Å². The third-order valence-corrected chi connectivity index (χ3v) is 3.06. The van der Waals surface area contributed by atoms with Crippen molar-refractivity contribution in [1.82, 2.24) is 4.98 Å². The minimum Gasteiger partial charge on any atom is -0.296 e. The smallest absolute Gasteiger partial charge is 0.168 e. The number of hydrogen-bond donors (Lipinski definition) is 0. The zero-order valence-corrected chi connectivity index (χ0v) is 10.7. The number of aldehydes is 1. The molecule has 0 amide bonds. The van der Waals surface area contributed by atoms with E-state index in [0.29, 0.717) is 27.5 Å². The molecule has 0 radical (unpaired) electrons. The Kier molecular flexibility index (Phi) is 3.67. The highest BCUT2D eigenvalue weighted by molar-refractivity contribution is 6.37. The maximum Gasteiger partial charge on any atom is 0.168 e. The minimum atomic E-state index is 0.221. The average molecular weight is 287 g/mol. The van der Waals surface area contributed by atoms with Crippen molar-refractivity contribution in [3.05, 3.63) is 51.2 Å². The number of aromatic nitrogens is 1. The van der Waals surface area contributed by atoms with Gasteiger partial charge in [0.05, 0.1) is 0 Å². The fraction of sp³-hybridized carbons (Fsp3) is 0. The van der Waals surface area contributed by atoms with Gasteiger partial charge in [0.1, 0.15) is 10.8 Å². The Morgan fingerprint density at radius 3 is 2.41 bits per heavy atom. The summed E-state index contributed by atoms with van der Waals surface area (Å²) >= 11 is 18.0. The normalized spacial score (nSPS) is 10.3. The lowest BCUT2D eigenvalue weighted by Crippen LogP contribution is -1.90. The van der Waals surface area contributed by atoms with E-state index in [4.69, 9.17) is 34.8 Å². The van der Waals surface area contributed by atoms with Crippen molar-refractivity contribution in [3.8, 4) is 11.1 Å². The summed E-state index contributed by atoms with van der Waals surface area (Å²) in [5.41, 5.74) is 1.61. The van der Waals surface area contributed by atoms with Gasteiger partial charge in [-0.25, -0.2) is 4.98 Å². The highest BCUT2D eigenvalue weighted by Crippen LogP contribution is 2.34. The molecule has 0 saturated carbocycles. The molecule has 5 heteroatoms. The molecule has 2 nitrogen and oxygen atoms in total. The van der Waals surface area contributed by atoms with Crippen molar-refractivity contribution in [1.29, 1.82) is 0 Å². The monoisotopic (exact) mass is 285 g/mol. The van der Waals surface area contributed by atoms with Crippen molar-refractivity contribution < 1.29 is 4.79 Å². The number of carbonyl (C=O) groups is 1. The third-order valence-electron chi connectivity index (χ3n) is 2.21. The van der Waals surface area contributed by atoms with Gasteiger partial charge in [0.25, 0.3) is 0 Å². The fourth-order valence-electron chi connectivity index (χ4n) is 1.42. The van der Waals surface area contributed by atoms with E-state index in [1.54, 1.807) is 30.3 Å². The summed E-state index contributed by atoms with van der Waals surface area (Å²) in [7, 11) is 0. The van der Waals surface area contributed by atoms with Gasteiger partial charge in [0.15, 0.2) is 6.29 Å². The number of halogens is 3. The molecule has 0 aliphatic carbocycles. The molecule has 0 aliphatic rings. The second kappa shape index (κ2) is 5.05. The van der Waals surface area contributed by atoms with Gasteiger partial charge in [-0.3, -0.25) is 4.79 Å². The van der Waals surface area contributed by atoms with Gasteiger partial charge in [0.2, 0.25) is 0 Å². The Balaban J connectivity index is 2.60.